The van der Waals surface area contributed by atoms with Crippen molar-refractivity contribution in [3.63, 3.8) is 0 Å². The highest BCUT2D eigenvalue weighted by Crippen LogP contribution is 2.26. The Morgan fingerprint density at radius 1 is 1.30 bits per heavy atom. The maximum absolute atomic E-state index is 11.2. The van der Waals surface area contributed by atoms with Gasteiger partial charge < -0.3 is 10.7 Å². The first-order valence-electron chi connectivity index (χ1n) is 6.49. The molecule has 4 nitrogen and oxygen atoms in total. The van der Waals surface area contributed by atoms with Gasteiger partial charge in [0.1, 0.15) is 0 Å². The van der Waals surface area contributed by atoms with Gasteiger partial charge in [-0.1, -0.05) is 29.5 Å². The van der Waals surface area contributed by atoms with E-state index in [1.54, 1.807) is 0 Å². The molecule has 1 unspecified atom stereocenters. The second-order valence-corrected chi connectivity index (χ2v) is 5.98. The molecule has 0 saturated carbocycles. The van der Waals surface area contributed by atoms with Crippen molar-refractivity contribution in [1.82, 2.24) is 9.97 Å². The minimum atomic E-state index is -0.140. The van der Waals surface area contributed by atoms with E-state index in [0.29, 0.717) is 10.9 Å². The summed E-state index contributed by atoms with van der Waals surface area (Å²) in [5.74, 6) is 0.678. The normalized spacial score (nSPS) is 12.4. The molecule has 20 heavy (non-hydrogen) atoms. The van der Waals surface area contributed by atoms with Crippen LogP contribution in [0.25, 0.3) is 0 Å². The fourth-order valence-corrected chi connectivity index (χ4v) is 3.27. The summed E-state index contributed by atoms with van der Waals surface area (Å²) < 4.78 is 0. The number of nitrogens with two attached hydrogens (primary N) is 1. The Labute approximate surface area is 122 Å². The number of aromatic amines is 1. The fraction of sp³-hybridized carbons (Fsp3) is 0.333. The number of aryl methyl sites for hydroxylation is 3. The lowest BCUT2D eigenvalue weighted by molar-refractivity contribution is 0.808. The molecule has 0 amide bonds. The molecule has 0 saturated heterocycles. The predicted octanol–water partition coefficient (Wildman–Crippen LogP) is 2.49. The van der Waals surface area contributed by atoms with Gasteiger partial charge in [-0.15, -0.1) is 0 Å². The Bertz CT molecular complexity index is 643. The molecule has 1 aromatic heterocycles. The summed E-state index contributed by atoms with van der Waals surface area (Å²) in [6.45, 7) is 6.26. The number of nitrogens with zero attached hydrogens (tertiary/aromatic N) is 1. The molecule has 0 aliphatic heterocycles. The summed E-state index contributed by atoms with van der Waals surface area (Å²) >= 11 is 1.47. The van der Waals surface area contributed by atoms with E-state index < -0.39 is 0 Å². The van der Waals surface area contributed by atoms with E-state index in [2.05, 4.69) is 42.9 Å². The molecule has 0 fully saturated rings. The van der Waals surface area contributed by atoms with Crippen molar-refractivity contribution < 1.29 is 0 Å². The molecular weight excluding hydrogens is 270 g/mol. The van der Waals surface area contributed by atoms with Crippen molar-refractivity contribution >= 4 is 11.8 Å². The summed E-state index contributed by atoms with van der Waals surface area (Å²) in [5, 5.41) is 0.607. The Morgan fingerprint density at radius 2 is 1.95 bits per heavy atom. The van der Waals surface area contributed by atoms with E-state index in [1.165, 1.54) is 46.3 Å². The zero-order valence-electron chi connectivity index (χ0n) is 11.9. The van der Waals surface area contributed by atoms with Gasteiger partial charge in [0, 0.05) is 24.1 Å². The Balaban J connectivity index is 2.13. The van der Waals surface area contributed by atoms with Gasteiger partial charge in [-0.05, 0) is 37.5 Å². The first kappa shape index (κ1) is 14.8. The predicted molar refractivity (Wildman–Crippen MR) is 83.2 cm³/mol. The largest absolute Gasteiger partial charge is 0.323 e. The number of hydrogen-bond donors (Lipinski definition) is 2. The Morgan fingerprint density at radius 3 is 2.55 bits per heavy atom. The van der Waals surface area contributed by atoms with Gasteiger partial charge in [0.2, 0.25) is 0 Å². The number of nitrogens with one attached hydrogen (secondary N) is 1. The quantitative estimate of drug-likeness (QED) is 0.670. The molecule has 106 valence electrons. The van der Waals surface area contributed by atoms with E-state index in [9.17, 15) is 4.79 Å². The van der Waals surface area contributed by atoms with Gasteiger partial charge in [0.25, 0.3) is 5.56 Å². The van der Waals surface area contributed by atoms with Crippen molar-refractivity contribution in [2.45, 2.75) is 32.0 Å². The summed E-state index contributed by atoms with van der Waals surface area (Å²) in [4.78, 5) is 18.0. The van der Waals surface area contributed by atoms with Crippen molar-refractivity contribution in [2.24, 2.45) is 5.73 Å². The molecule has 0 aliphatic rings. The molecule has 1 heterocycles. The summed E-state index contributed by atoms with van der Waals surface area (Å²) in [6, 6.07) is 5.62. The van der Waals surface area contributed by atoms with Crippen LogP contribution in [0.15, 0.2) is 34.3 Å². The van der Waals surface area contributed by atoms with Crippen LogP contribution in [0, 0.1) is 20.8 Å². The van der Waals surface area contributed by atoms with Crippen LogP contribution >= 0.6 is 11.8 Å². The molecule has 3 N–H and O–H groups in total. The average Bonchev–Trinajstić information content (AvgIpc) is 2.35. The molecule has 0 aliphatic carbocycles. The SMILES string of the molecule is Cc1cc(C)c(C(N)CSc2nccc(=O)[nH]2)c(C)c1. The standard InChI is InChI=1S/C15H19N3OS/c1-9-6-10(2)14(11(3)7-9)12(16)8-20-15-17-5-4-13(19)18-15/h4-7,12H,8,16H2,1-3H3,(H,17,18,19). The van der Waals surface area contributed by atoms with Crippen LogP contribution in [0.2, 0.25) is 0 Å². The summed E-state index contributed by atoms with van der Waals surface area (Å²) in [7, 11) is 0. The first-order chi connectivity index (χ1) is 9.47. The van der Waals surface area contributed by atoms with Gasteiger partial charge in [-0.3, -0.25) is 4.79 Å². The minimum Gasteiger partial charge on any atom is -0.323 e. The van der Waals surface area contributed by atoms with Crippen LogP contribution in [-0.2, 0) is 0 Å². The number of rotatable bonds is 4. The van der Waals surface area contributed by atoms with Crippen molar-refractivity contribution in [1.29, 1.82) is 0 Å². The summed E-state index contributed by atoms with van der Waals surface area (Å²) in [6.07, 6.45) is 1.51. The molecule has 5 heteroatoms. The number of hydrogen-bond acceptors (Lipinski definition) is 4. The smallest absolute Gasteiger partial charge is 0.251 e. The molecular formula is C15H19N3OS. The third kappa shape index (κ3) is 3.49. The topological polar surface area (TPSA) is 71.8 Å². The van der Waals surface area contributed by atoms with E-state index in [-0.39, 0.29) is 11.6 Å². The zero-order valence-corrected chi connectivity index (χ0v) is 12.8. The highest BCUT2D eigenvalue weighted by molar-refractivity contribution is 7.99. The van der Waals surface area contributed by atoms with Crippen LogP contribution in [0.5, 0.6) is 0 Å². The van der Waals surface area contributed by atoms with Gasteiger partial charge in [0.15, 0.2) is 5.16 Å². The van der Waals surface area contributed by atoms with Crippen LogP contribution in [-0.4, -0.2) is 15.7 Å². The van der Waals surface area contributed by atoms with E-state index in [1.807, 2.05) is 0 Å². The zero-order chi connectivity index (χ0) is 14.7. The van der Waals surface area contributed by atoms with Crippen LogP contribution in [0.1, 0.15) is 28.3 Å². The Kier molecular flexibility index (Phi) is 4.62. The third-order valence-corrected chi connectivity index (χ3v) is 4.16. The lowest BCUT2D eigenvalue weighted by Crippen LogP contribution is -2.17. The minimum absolute atomic E-state index is 0.0777. The van der Waals surface area contributed by atoms with Crippen LogP contribution in [0.3, 0.4) is 0 Å². The average molecular weight is 289 g/mol. The van der Waals surface area contributed by atoms with Gasteiger partial charge in [0.05, 0.1) is 0 Å². The number of benzene rings is 1. The Hall–Kier alpha value is -1.59. The molecule has 2 rings (SSSR count). The molecule has 0 bridgehead atoms. The van der Waals surface area contributed by atoms with E-state index in [0.717, 1.165) is 0 Å². The lowest BCUT2D eigenvalue weighted by atomic mass is 9.95. The van der Waals surface area contributed by atoms with E-state index >= 15 is 0 Å². The van der Waals surface area contributed by atoms with Crippen molar-refractivity contribution in [3.05, 3.63) is 57.0 Å². The van der Waals surface area contributed by atoms with Crippen LogP contribution < -0.4 is 11.3 Å². The molecule has 1 aromatic carbocycles. The van der Waals surface area contributed by atoms with Crippen LogP contribution in [0.4, 0.5) is 0 Å². The van der Waals surface area contributed by atoms with Crippen molar-refractivity contribution in [2.75, 3.05) is 5.75 Å². The lowest BCUT2D eigenvalue weighted by Gasteiger charge is -2.17. The van der Waals surface area contributed by atoms with Gasteiger partial charge >= 0.3 is 0 Å². The van der Waals surface area contributed by atoms with Gasteiger partial charge in [-0.25, -0.2) is 4.98 Å². The molecule has 0 radical (unpaired) electrons. The second kappa shape index (κ2) is 6.24. The maximum atomic E-state index is 11.2. The molecule has 2 aromatic rings. The molecule has 0 spiro atoms. The number of thioether (sulfide) groups is 1. The number of H-pyrrole nitrogens is 1. The molecule has 1 atom stereocenters. The van der Waals surface area contributed by atoms with Crippen molar-refractivity contribution in [3.8, 4) is 0 Å². The van der Waals surface area contributed by atoms with E-state index in [4.69, 9.17) is 5.73 Å². The highest BCUT2D eigenvalue weighted by Gasteiger charge is 2.13. The fourth-order valence-electron chi connectivity index (χ4n) is 2.45. The monoisotopic (exact) mass is 289 g/mol. The second-order valence-electron chi connectivity index (χ2n) is 4.97. The summed E-state index contributed by atoms with van der Waals surface area (Å²) in [5.41, 5.74) is 11.0. The number of aromatic nitrogens is 2. The third-order valence-electron chi connectivity index (χ3n) is 3.16. The maximum Gasteiger partial charge on any atom is 0.251 e. The highest BCUT2D eigenvalue weighted by atomic mass is 32.2. The van der Waals surface area contributed by atoms with Gasteiger partial charge in [-0.2, -0.15) is 0 Å². The first-order valence-corrected chi connectivity index (χ1v) is 7.47.